The number of carbonyl (C=O) groups is 1. The number of rotatable bonds is 12. The normalized spacial score (nSPS) is 11.3. The third-order valence-corrected chi connectivity index (χ3v) is 7.58. The molecule has 0 bridgehead atoms. The number of sulfonamides is 1. The quantitative estimate of drug-likeness (QED) is 0.329. The van der Waals surface area contributed by atoms with Crippen LogP contribution in [0.1, 0.15) is 54.1 Å². The summed E-state index contributed by atoms with van der Waals surface area (Å²) >= 11 is 1.79. The lowest BCUT2D eigenvalue weighted by Gasteiger charge is -2.08. The SMILES string of the molecule is CCCCCCS(=O)(=O)NC(=O)c1ccc(CSCc2ccc(-c3ccccn3)cc2)cc1. The number of amides is 1. The Balaban J connectivity index is 1.45. The van der Waals surface area contributed by atoms with E-state index in [-0.39, 0.29) is 5.75 Å². The highest BCUT2D eigenvalue weighted by Gasteiger charge is 2.15. The molecule has 0 aliphatic rings. The third-order valence-electron chi connectivity index (χ3n) is 5.18. The second-order valence-corrected chi connectivity index (χ2v) is 10.7. The van der Waals surface area contributed by atoms with E-state index in [1.807, 2.05) is 30.3 Å². The molecule has 0 fully saturated rings. The first kappa shape index (κ1) is 25.0. The van der Waals surface area contributed by atoms with Gasteiger partial charge in [-0.15, -0.1) is 0 Å². The van der Waals surface area contributed by atoms with Crippen LogP contribution in [-0.4, -0.2) is 25.1 Å². The van der Waals surface area contributed by atoms with Crippen molar-refractivity contribution >= 4 is 27.7 Å². The van der Waals surface area contributed by atoms with Gasteiger partial charge >= 0.3 is 0 Å². The van der Waals surface area contributed by atoms with Gasteiger partial charge in [-0.2, -0.15) is 11.8 Å². The molecule has 0 aliphatic heterocycles. The van der Waals surface area contributed by atoms with Crippen LogP contribution in [0.25, 0.3) is 11.3 Å². The number of nitrogens with zero attached hydrogens (tertiary/aromatic N) is 1. The molecule has 33 heavy (non-hydrogen) atoms. The molecule has 1 amide bonds. The van der Waals surface area contributed by atoms with Gasteiger partial charge < -0.3 is 0 Å². The van der Waals surface area contributed by atoms with Gasteiger partial charge in [-0.05, 0) is 41.8 Å². The molecule has 0 radical (unpaired) electrons. The number of aromatic nitrogens is 1. The van der Waals surface area contributed by atoms with E-state index in [2.05, 4.69) is 40.9 Å². The van der Waals surface area contributed by atoms with Gasteiger partial charge in [0.1, 0.15) is 0 Å². The van der Waals surface area contributed by atoms with Crippen LogP contribution in [0.5, 0.6) is 0 Å². The summed E-state index contributed by atoms with van der Waals surface area (Å²) in [5.41, 5.74) is 4.74. The molecule has 1 N–H and O–H groups in total. The Bertz CT molecular complexity index is 1110. The molecule has 2 aromatic carbocycles. The fourth-order valence-corrected chi connectivity index (χ4v) is 5.36. The van der Waals surface area contributed by atoms with Gasteiger partial charge in [-0.1, -0.05) is 68.7 Å². The first-order valence-electron chi connectivity index (χ1n) is 11.2. The van der Waals surface area contributed by atoms with Crippen molar-refractivity contribution in [2.45, 2.75) is 44.1 Å². The van der Waals surface area contributed by atoms with Crippen molar-refractivity contribution in [2.24, 2.45) is 0 Å². The molecule has 0 aliphatic carbocycles. The second-order valence-electron chi connectivity index (χ2n) is 7.91. The Morgan fingerprint density at radius 3 is 2.15 bits per heavy atom. The molecule has 0 saturated carbocycles. The number of nitrogens with one attached hydrogen (secondary N) is 1. The smallest absolute Gasteiger partial charge is 0.264 e. The molecule has 1 aromatic heterocycles. The zero-order valence-corrected chi connectivity index (χ0v) is 20.5. The Hall–Kier alpha value is -2.64. The predicted octanol–water partition coefficient (Wildman–Crippen LogP) is 5.82. The number of pyridine rings is 1. The maximum absolute atomic E-state index is 12.3. The molecule has 174 valence electrons. The minimum absolute atomic E-state index is 0.0176. The van der Waals surface area contributed by atoms with Crippen LogP contribution < -0.4 is 4.72 Å². The van der Waals surface area contributed by atoms with Crippen LogP contribution in [0.2, 0.25) is 0 Å². The van der Waals surface area contributed by atoms with E-state index in [0.717, 1.165) is 47.6 Å². The number of benzene rings is 2. The van der Waals surface area contributed by atoms with Gasteiger partial charge in [0.25, 0.3) is 5.91 Å². The van der Waals surface area contributed by atoms with E-state index in [1.54, 1.807) is 30.1 Å². The maximum Gasteiger partial charge on any atom is 0.264 e. The Labute approximate surface area is 201 Å². The molecule has 0 saturated heterocycles. The van der Waals surface area contributed by atoms with Gasteiger partial charge in [0, 0.05) is 28.8 Å². The highest BCUT2D eigenvalue weighted by Crippen LogP contribution is 2.22. The highest BCUT2D eigenvalue weighted by atomic mass is 32.2. The highest BCUT2D eigenvalue weighted by molar-refractivity contribution is 7.97. The van der Waals surface area contributed by atoms with Crippen LogP contribution in [0.15, 0.2) is 72.9 Å². The zero-order chi connectivity index (χ0) is 23.5. The first-order chi connectivity index (χ1) is 16.0. The molecule has 3 rings (SSSR count). The minimum Gasteiger partial charge on any atom is -0.268 e. The Morgan fingerprint density at radius 1 is 0.879 bits per heavy atom. The van der Waals surface area contributed by atoms with Gasteiger partial charge in [-0.3, -0.25) is 9.78 Å². The molecule has 5 nitrogen and oxygen atoms in total. The van der Waals surface area contributed by atoms with E-state index < -0.39 is 15.9 Å². The van der Waals surface area contributed by atoms with Crippen molar-refractivity contribution in [3.8, 4) is 11.3 Å². The predicted molar refractivity (Wildman–Crippen MR) is 137 cm³/mol. The average molecular weight is 483 g/mol. The van der Waals surface area contributed by atoms with Crippen molar-refractivity contribution < 1.29 is 13.2 Å². The van der Waals surface area contributed by atoms with E-state index in [0.29, 0.717) is 12.0 Å². The van der Waals surface area contributed by atoms with Gasteiger partial charge in [0.2, 0.25) is 10.0 Å². The Kier molecular flexibility index (Phi) is 9.51. The van der Waals surface area contributed by atoms with Crippen molar-refractivity contribution in [1.82, 2.24) is 9.71 Å². The summed E-state index contributed by atoms with van der Waals surface area (Å²) in [5.74, 6) is 1.09. The first-order valence-corrected chi connectivity index (χ1v) is 14.0. The third kappa shape index (κ3) is 8.33. The zero-order valence-electron chi connectivity index (χ0n) is 18.9. The molecular formula is C26H30N2O3S2. The maximum atomic E-state index is 12.3. The summed E-state index contributed by atoms with van der Waals surface area (Å²) in [7, 11) is -3.59. The van der Waals surface area contributed by atoms with Crippen LogP contribution in [0.3, 0.4) is 0 Å². The standard InChI is InChI=1S/C26H30N2O3S2/c1-2-3-4-7-18-33(30,31)28-26(29)24-15-11-22(12-16-24)20-32-19-21-9-13-23(14-10-21)25-8-5-6-17-27-25/h5-6,8-17H,2-4,7,18-20H2,1H3,(H,28,29). The van der Waals surface area contributed by atoms with Gasteiger partial charge in [-0.25, -0.2) is 13.1 Å². The lowest BCUT2D eigenvalue weighted by Crippen LogP contribution is -2.32. The fraction of sp³-hybridized carbons (Fsp3) is 0.308. The van der Waals surface area contributed by atoms with Crippen LogP contribution in [0, 0.1) is 0 Å². The summed E-state index contributed by atoms with van der Waals surface area (Å²) in [6, 6.07) is 21.4. The van der Waals surface area contributed by atoms with Crippen molar-refractivity contribution in [3.63, 3.8) is 0 Å². The Morgan fingerprint density at radius 2 is 1.55 bits per heavy atom. The summed E-state index contributed by atoms with van der Waals surface area (Å²) in [6.07, 6.45) is 5.25. The number of hydrogen-bond acceptors (Lipinski definition) is 5. The van der Waals surface area contributed by atoms with E-state index in [9.17, 15) is 13.2 Å². The summed E-state index contributed by atoms with van der Waals surface area (Å²) in [4.78, 5) is 16.7. The average Bonchev–Trinajstić information content (AvgIpc) is 2.83. The van der Waals surface area contributed by atoms with Crippen LogP contribution in [-0.2, 0) is 21.5 Å². The van der Waals surface area contributed by atoms with Crippen molar-refractivity contribution in [2.75, 3.05) is 5.75 Å². The van der Waals surface area contributed by atoms with Gasteiger partial charge in [0.05, 0.1) is 11.4 Å². The van der Waals surface area contributed by atoms with Crippen LogP contribution in [0.4, 0.5) is 0 Å². The topological polar surface area (TPSA) is 76.1 Å². The minimum atomic E-state index is -3.59. The number of thioether (sulfide) groups is 1. The molecule has 1 heterocycles. The molecule has 0 spiro atoms. The van der Waals surface area contributed by atoms with E-state index >= 15 is 0 Å². The largest absolute Gasteiger partial charge is 0.268 e. The van der Waals surface area contributed by atoms with E-state index in [1.165, 1.54) is 5.56 Å². The molecule has 0 unspecified atom stereocenters. The second kappa shape index (κ2) is 12.6. The van der Waals surface area contributed by atoms with Crippen LogP contribution >= 0.6 is 11.8 Å². The van der Waals surface area contributed by atoms with Gasteiger partial charge in [0.15, 0.2) is 0 Å². The summed E-state index contributed by atoms with van der Waals surface area (Å²) in [5, 5.41) is 0. The fourth-order valence-electron chi connectivity index (χ4n) is 3.31. The van der Waals surface area contributed by atoms with E-state index in [4.69, 9.17) is 0 Å². The van der Waals surface area contributed by atoms with Crippen molar-refractivity contribution in [3.05, 3.63) is 89.6 Å². The lowest BCUT2D eigenvalue weighted by molar-refractivity contribution is 0.0981. The number of unbranched alkanes of at least 4 members (excludes halogenated alkanes) is 3. The molecule has 7 heteroatoms. The summed E-state index contributed by atoms with van der Waals surface area (Å²) < 4.78 is 26.3. The van der Waals surface area contributed by atoms with Crippen molar-refractivity contribution in [1.29, 1.82) is 0 Å². The number of hydrogen-bond donors (Lipinski definition) is 1. The monoisotopic (exact) mass is 482 g/mol. The summed E-state index contributed by atoms with van der Waals surface area (Å²) in [6.45, 7) is 2.07. The molecular weight excluding hydrogens is 452 g/mol. The number of carbonyl (C=O) groups excluding carboxylic acids is 1. The molecule has 0 atom stereocenters. The lowest BCUT2D eigenvalue weighted by atomic mass is 10.1. The molecule has 3 aromatic rings.